The van der Waals surface area contributed by atoms with Gasteiger partial charge in [0.15, 0.2) is 5.82 Å². The predicted molar refractivity (Wildman–Crippen MR) is 101 cm³/mol. The normalized spacial score (nSPS) is 13.0. The van der Waals surface area contributed by atoms with Crippen molar-refractivity contribution >= 4 is 28.7 Å². The van der Waals surface area contributed by atoms with Crippen molar-refractivity contribution in [3.05, 3.63) is 70.1 Å². The molecule has 5 rings (SSSR count). The Kier molecular flexibility index (Phi) is 3.20. The van der Waals surface area contributed by atoms with E-state index in [-0.39, 0.29) is 16.9 Å². The quantitative estimate of drug-likeness (QED) is 0.453. The summed E-state index contributed by atoms with van der Waals surface area (Å²) in [4.78, 5) is 48.3. The second-order valence-corrected chi connectivity index (χ2v) is 6.28. The van der Waals surface area contributed by atoms with Gasteiger partial charge in [0.2, 0.25) is 0 Å². The number of imidazole rings is 1. The molecule has 2 amide bonds. The predicted octanol–water partition coefficient (Wildman–Crippen LogP) is 1.24. The van der Waals surface area contributed by atoms with Gasteiger partial charge in [0.05, 0.1) is 27.8 Å². The zero-order valence-electron chi connectivity index (χ0n) is 14.3. The van der Waals surface area contributed by atoms with Gasteiger partial charge in [-0.25, -0.2) is 4.98 Å². The van der Waals surface area contributed by atoms with Gasteiger partial charge in [0, 0.05) is 12.3 Å². The Balaban J connectivity index is 1.69. The number of nitrogens with two attached hydrogens (primary N) is 1. The molecule has 136 valence electrons. The first-order chi connectivity index (χ1) is 13.5. The minimum absolute atomic E-state index is 0.00322. The standard InChI is InChI=1S/C19H12N6O3/c20-16-15-10(18(27)24-19(15)28)8-14(26)25(16)9-4-5-11-13(7-9)23-17(22-11)12-3-1-2-6-21-12/h1-8H,20H2,(H,22,23)(H,24,27,28). The van der Waals surface area contributed by atoms with Crippen LogP contribution < -0.4 is 16.6 Å². The van der Waals surface area contributed by atoms with Gasteiger partial charge < -0.3 is 10.7 Å². The second-order valence-electron chi connectivity index (χ2n) is 6.28. The van der Waals surface area contributed by atoms with E-state index in [0.29, 0.717) is 28.2 Å². The van der Waals surface area contributed by atoms with Crippen LogP contribution in [0.15, 0.2) is 53.5 Å². The van der Waals surface area contributed by atoms with Crippen LogP contribution >= 0.6 is 0 Å². The largest absolute Gasteiger partial charge is 0.384 e. The lowest BCUT2D eigenvalue weighted by atomic mass is 10.1. The van der Waals surface area contributed by atoms with Gasteiger partial charge in [-0.3, -0.25) is 29.3 Å². The molecule has 9 heteroatoms. The van der Waals surface area contributed by atoms with Crippen LogP contribution in [0.2, 0.25) is 0 Å². The fraction of sp³-hybridized carbons (Fsp3) is 0. The lowest BCUT2D eigenvalue weighted by Crippen LogP contribution is -2.24. The molecule has 4 heterocycles. The molecule has 4 aromatic rings. The molecule has 0 aliphatic carbocycles. The smallest absolute Gasteiger partial charge is 0.262 e. The highest BCUT2D eigenvalue weighted by Gasteiger charge is 2.31. The molecule has 0 spiro atoms. The number of hydrogen-bond acceptors (Lipinski definition) is 6. The number of carbonyl (C=O) groups is 2. The van der Waals surface area contributed by atoms with Crippen LogP contribution in [0, 0.1) is 0 Å². The van der Waals surface area contributed by atoms with Crippen molar-refractivity contribution < 1.29 is 9.59 Å². The van der Waals surface area contributed by atoms with Gasteiger partial charge in [0.25, 0.3) is 17.4 Å². The first-order valence-electron chi connectivity index (χ1n) is 8.35. The number of imide groups is 1. The third-order valence-corrected chi connectivity index (χ3v) is 4.58. The molecule has 0 bridgehead atoms. The summed E-state index contributed by atoms with van der Waals surface area (Å²) in [5.41, 5.74) is 8.05. The van der Waals surface area contributed by atoms with Gasteiger partial charge in [-0.1, -0.05) is 6.07 Å². The molecule has 4 N–H and O–H groups in total. The van der Waals surface area contributed by atoms with Crippen molar-refractivity contribution in [2.75, 3.05) is 5.73 Å². The number of anilines is 1. The summed E-state index contributed by atoms with van der Waals surface area (Å²) in [7, 11) is 0. The highest BCUT2D eigenvalue weighted by atomic mass is 16.2. The maximum absolute atomic E-state index is 12.6. The molecule has 1 aliphatic rings. The van der Waals surface area contributed by atoms with Gasteiger partial charge in [-0.2, -0.15) is 0 Å². The number of pyridine rings is 2. The maximum Gasteiger partial charge on any atom is 0.262 e. The summed E-state index contributed by atoms with van der Waals surface area (Å²) in [5.74, 6) is -0.743. The molecule has 0 unspecified atom stereocenters. The summed E-state index contributed by atoms with van der Waals surface area (Å²) in [6, 6.07) is 11.7. The van der Waals surface area contributed by atoms with E-state index in [1.54, 1.807) is 24.4 Å². The fourth-order valence-corrected chi connectivity index (χ4v) is 3.31. The third kappa shape index (κ3) is 2.23. The number of nitrogen functional groups attached to an aromatic ring is 1. The molecular formula is C19H12N6O3. The van der Waals surface area contributed by atoms with Crippen molar-refractivity contribution in [2.24, 2.45) is 0 Å². The number of H-pyrrole nitrogens is 1. The number of nitrogens with one attached hydrogen (secondary N) is 2. The number of rotatable bonds is 2. The second kappa shape index (κ2) is 5.61. The summed E-state index contributed by atoms with van der Waals surface area (Å²) in [6.07, 6.45) is 1.67. The molecule has 1 aliphatic heterocycles. The molecule has 28 heavy (non-hydrogen) atoms. The molecule has 0 saturated heterocycles. The number of hydrogen-bond donors (Lipinski definition) is 3. The Morgan fingerprint density at radius 1 is 1.00 bits per heavy atom. The summed E-state index contributed by atoms with van der Waals surface area (Å²) in [6.45, 7) is 0. The first kappa shape index (κ1) is 15.9. The van der Waals surface area contributed by atoms with Gasteiger partial charge in [-0.15, -0.1) is 0 Å². The molecule has 0 fully saturated rings. The van der Waals surface area contributed by atoms with Crippen molar-refractivity contribution in [1.29, 1.82) is 0 Å². The van der Waals surface area contributed by atoms with E-state index in [2.05, 4.69) is 20.3 Å². The van der Waals surface area contributed by atoms with E-state index in [4.69, 9.17) is 5.73 Å². The number of nitrogens with zero attached hydrogens (tertiary/aromatic N) is 3. The minimum Gasteiger partial charge on any atom is -0.384 e. The van der Waals surface area contributed by atoms with Crippen molar-refractivity contribution in [1.82, 2.24) is 24.8 Å². The van der Waals surface area contributed by atoms with E-state index < -0.39 is 17.4 Å². The van der Waals surface area contributed by atoms with Crippen molar-refractivity contribution in [3.8, 4) is 17.2 Å². The molecule has 3 aromatic heterocycles. The number of amides is 2. The Morgan fingerprint density at radius 3 is 2.64 bits per heavy atom. The van der Waals surface area contributed by atoms with Crippen LogP contribution in [0.1, 0.15) is 20.7 Å². The molecule has 0 radical (unpaired) electrons. The summed E-state index contributed by atoms with van der Waals surface area (Å²) < 4.78 is 1.19. The van der Waals surface area contributed by atoms with Gasteiger partial charge >= 0.3 is 0 Å². The monoisotopic (exact) mass is 372 g/mol. The molecule has 0 atom stereocenters. The molecule has 0 saturated carbocycles. The van der Waals surface area contributed by atoms with Gasteiger partial charge in [0.1, 0.15) is 11.5 Å². The SMILES string of the molecule is Nc1c2c(cc(=O)n1-c1ccc3nc(-c4ccccn4)[nH]c3c1)C(=O)NC2=O. The zero-order valence-corrected chi connectivity index (χ0v) is 14.3. The Hall–Kier alpha value is -4.27. The maximum atomic E-state index is 12.6. The summed E-state index contributed by atoms with van der Waals surface area (Å²) in [5, 5.41) is 2.15. The fourth-order valence-electron chi connectivity index (χ4n) is 3.31. The van der Waals surface area contributed by atoms with Crippen LogP contribution in [0.5, 0.6) is 0 Å². The van der Waals surface area contributed by atoms with Crippen LogP contribution in [0.4, 0.5) is 5.82 Å². The van der Waals surface area contributed by atoms with Crippen LogP contribution in [0.25, 0.3) is 28.2 Å². The number of benzene rings is 1. The van der Waals surface area contributed by atoms with E-state index in [1.807, 2.05) is 18.2 Å². The van der Waals surface area contributed by atoms with Crippen LogP contribution in [0.3, 0.4) is 0 Å². The van der Waals surface area contributed by atoms with Crippen molar-refractivity contribution in [3.63, 3.8) is 0 Å². The van der Waals surface area contributed by atoms with E-state index >= 15 is 0 Å². The highest BCUT2D eigenvalue weighted by Crippen LogP contribution is 2.25. The number of fused-ring (bicyclic) bond motifs is 2. The molecule has 1 aromatic carbocycles. The minimum atomic E-state index is -0.625. The molecular weight excluding hydrogens is 360 g/mol. The van der Waals surface area contributed by atoms with Crippen LogP contribution in [-0.4, -0.2) is 31.3 Å². The highest BCUT2D eigenvalue weighted by molar-refractivity contribution is 6.23. The Labute approximate surface area is 156 Å². The summed E-state index contributed by atoms with van der Waals surface area (Å²) >= 11 is 0. The zero-order chi connectivity index (χ0) is 19.4. The lowest BCUT2D eigenvalue weighted by molar-refractivity contribution is 0.0880. The topological polar surface area (TPSA) is 136 Å². The van der Waals surface area contributed by atoms with E-state index in [0.717, 1.165) is 6.07 Å². The average molecular weight is 372 g/mol. The van der Waals surface area contributed by atoms with Crippen molar-refractivity contribution in [2.45, 2.75) is 0 Å². The number of carbonyl (C=O) groups excluding carboxylic acids is 2. The van der Waals surface area contributed by atoms with E-state index in [1.165, 1.54) is 4.57 Å². The van der Waals surface area contributed by atoms with Crippen LogP contribution in [-0.2, 0) is 0 Å². The van der Waals surface area contributed by atoms with Gasteiger partial charge in [-0.05, 0) is 30.3 Å². The number of aromatic amines is 1. The Morgan fingerprint density at radius 2 is 1.86 bits per heavy atom. The lowest BCUT2D eigenvalue weighted by Gasteiger charge is -2.11. The van der Waals surface area contributed by atoms with E-state index in [9.17, 15) is 14.4 Å². The Bertz CT molecular complexity index is 1350. The first-order valence-corrected chi connectivity index (χ1v) is 8.35. The number of aromatic nitrogens is 4. The third-order valence-electron chi connectivity index (χ3n) is 4.58. The molecule has 9 nitrogen and oxygen atoms in total. The average Bonchev–Trinajstić information content (AvgIpc) is 3.23.